The SMILES string of the molecule is Cn1cc(/C=N/Nc2nc3ccccc3c(=O)n2C)c(-c2ccncc2)n1. The van der Waals surface area contributed by atoms with Crippen LogP contribution in [0.4, 0.5) is 5.95 Å². The molecular weight excluding hydrogens is 342 g/mol. The molecule has 0 aliphatic rings. The van der Waals surface area contributed by atoms with Gasteiger partial charge in [-0.05, 0) is 24.3 Å². The molecule has 0 spiro atoms. The maximum absolute atomic E-state index is 12.4. The van der Waals surface area contributed by atoms with Crippen LogP contribution in [0.1, 0.15) is 5.56 Å². The average Bonchev–Trinajstić information content (AvgIpc) is 3.07. The molecule has 0 aliphatic carbocycles. The predicted molar refractivity (Wildman–Crippen MR) is 105 cm³/mol. The Bertz CT molecular complexity index is 1190. The Morgan fingerprint density at radius 2 is 1.89 bits per heavy atom. The molecule has 3 heterocycles. The lowest BCUT2D eigenvalue weighted by Gasteiger charge is -2.07. The molecule has 134 valence electrons. The first-order valence-corrected chi connectivity index (χ1v) is 8.32. The Morgan fingerprint density at radius 1 is 1.11 bits per heavy atom. The van der Waals surface area contributed by atoms with Crippen molar-refractivity contribution < 1.29 is 0 Å². The molecule has 8 heteroatoms. The number of para-hydroxylation sites is 1. The molecule has 0 atom stereocenters. The van der Waals surface area contributed by atoms with Crippen molar-refractivity contribution in [3.63, 3.8) is 0 Å². The molecule has 0 amide bonds. The van der Waals surface area contributed by atoms with Gasteiger partial charge in [0.1, 0.15) is 5.69 Å². The van der Waals surface area contributed by atoms with E-state index in [1.807, 2.05) is 37.5 Å². The Balaban J connectivity index is 1.65. The van der Waals surface area contributed by atoms with Crippen LogP contribution < -0.4 is 11.0 Å². The molecular formula is C19H17N7O. The van der Waals surface area contributed by atoms with Gasteiger partial charge in [-0.1, -0.05) is 12.1 Å². The van der Waals surface area contributed by atoms with Gasteiger partial charge in [-0.25, -0.2) is 10.4 Å². The van der Waals surface area contributed by atoms with Gasteiger partial charge in [0.25, 0.3) is 5.56 Å². The number of nitrogens with one attached hydrogen (secondary N) is 1. The highest BCUT2D eigenvalue weighted by Gasteiger charge is 2.09. The quantitative estimate of drug-likeness (QED) is 0.445. The minimum atomic E-state index is -0.128. The summed E-state index contributed by atoms with van der Waals surface area (Å²) in [5.41, 5.74) is 5.93. The summed E-state index contributed by atoms with van der Waals surface area (Å²) >= 11 is 0. The zero-order chi connectivity index (χ0) is 18.8. The van der Waals surface area contributed by atoms with Crippen LogP contribution >= 0.6 is 0 Å². The number of hydrazone groups is 1. The van der Waals surface area contributed by atoms with Gasteiger partial charge in [-0.15, -0.1) is 0 Å². The Kier molecular flexibility index (Phi) is 4.21. The lowest BCUT2D eigenvalue weighted by molar-refractivity contribution is 0.771. The van der Waals surface area contributed by atoms with Crippen LogP contribution in [0, 0.1) is 0 Å². The van der Waals surface area contributed by atoms with E-state index in [9.17, 15) is 4.79 Å². The molecule has 0 saturated carbocycles. The van der Waals surface area contributed by atoms with Crippen molar-refractivity contribution in [2.75, 3.05) is 5.43 Å². The van der Waals surface area contributed by atoms with Crippen molar-refractivity contribution in [1.82, 2.24) is 24.3 Å². The van der Waals surface area contributed by atoms with Crippen molar-refractivity contribution in [2.45, 2.75) is 0 Å². The topological polar surface area (TPSA) is 90.0 Å². The number of hydrogen-bond donors (Lipinski definition) is 1. The summed E-state index contributed by atoms with van der Waals surface area (Å²) in [6.45, 7) is 0. The van der Waals surface area contributed by atoms with Gasteiger partial charge in [0, 0.05) is 43.8 Å². The van der Waals surface area contributed by atoms with Gasteiger partial charge in [0.15, 0.2) is 0 Å². The fraction of sp³-hybridized carbons (Fsp3) is 0.105. The van der Waals surface area contributed by atoms with Crippen molar-refractivity contribution in [2.24, 2.45) is 19.2 Å². The second-order valence-electron chi connectivity index (χ2n) is 6.03. The van der Waals surface area contributed by atoms with E-state index < -0.39 is 0 Å². The average molecular weight is 359 g/mol. The standard InChI is InChI=1S/C19H17N7O/c1-25-12-14(17(24-25)13-7-9-20-10-8-13)11-21-23-19-22-16-6-4-3-5-15(16)18(27)26(19)2/h3-12H,1-2H3,(H,22,23)/b21-11+. The van der Waals surface area contributed by atoms with Gasteiger partial charge in [-0.2, -0.15) is 10.2 Å². The highest BCUT2D eigenvalue weighted by Crippen LogP contribution is 2.19. The van der Waals surface area contributed by atoms with E-state index in [2.05, 4.69) is 25.6 Å². The van der Waals surface area contributed by atoms with Gasteiger partial charge < -0.3 is 0 Å². The Hall–Kier alpha value is -3.81. The second kappa shape index (κ2) is 6.83. The lowest BCUT2D eigenvalue weighted by Crippen LogP contribution is -2.21. The molecule has 0 aliphatic heterocycles. The number of hydrogen-bond acceptors (Lipinski definition) is 6. The van der Waals surface area contributed by atoms with Crippen molar-refractivity contribution in [3.05, 3.63) is 70.9 Å². The molecule has 4 rings (SSSR count). The molecule has 1 N–H and O–H groups in total. The number of aryl methyl sites for hydroxylation is 1. The van der Waals surface area contributed by atoms with E-state index >= 15 is 0 Å². The number of pyridine rings is 1. The fourth-order valence-electron chi connectivity index (χ4n) is 2.81. The minimum absolute atomic E-state index is 0.128. The summed E-state index contributed by atoms with van der Waals surface area (Å²) in [5.74, 6) is 0.365. The number of benzene rings is 1. The summed E-state index contributed by atoms with van der Waals surface area (Å²) < 4.78 is 3.16. The van der Waals surface area contributed by atoms with E-state index in [4.69, 9.17) is 0 Å². The highest BCUT2D eigenvalue weighted by atomic mass is 16.1. The number of fused-ring (bicyclic) bond motifs is 1. The van der Waals surface area contributed by atoms with Crippen LogP contribution in [0.5, 0.6) is 0 Å². The van der Waals surface area contributed by atoms with E-state index in [-0.39, 0.29) is 5.56 Å². The second-order valence-corrected chi connectivity index (χ2v) is 6.03. The zero-order valence-electron chi connectivity index (χ0n) is 14.9. The number of rotatable bonds is 4. The van der Waals surface area contributed by atoms with Gasteiger partial charge >= 0.3 is 0 Å². The summed E-state index contributed by atoms with van der Waals surface area (Å²) in [6.07, 6.45) is 6.97. The Labute approximate surface area is 154 Å². The molecule has 0 unspecified atom stereocenters. The van der Waals surface area contributed by atoms with E-state index in [1.54, 1.807) is 42.5 Å². The van der Waals surface area contributed by atoms with Crippen LogP contribution in [0.15, 0.2) is 64.9 Å². The zero-order valence-corrected chi connectivity index (χ0v) is 14.9. The molecule has 4 aromatic rings. The third kappa shape index (κ3) is 3.20. The molecule has 1 aromatic carbocycles. The molecule has 0 bridgehead atoms. The number of anilines is 1. The number of aromatic nitrogens is 5. The third-order valence-electron chi connectivity index (χ3n) is 4.16. The molecule has 3 aromatic heterocycles. The van der Waals surface area contributed by atoms with Crippen LogP contribution in [-0.4, -0.2) is 30.5 Å². The normalized spacial score (nSPS) is 11.3. The largest absolute Gasteiger partial charge is 0.280 e. The first-order valence-electron chi connectivity index (χ1n) is 8.32. The molecule has 27 heavy (non-hydrogen) atoms. The summed E-state index contributed by atoms with van der Waals surface area (Å²) in [4.78, 5) is 20.9. The number of nitrogens with zero attached hydrogens (tertiary/aromatic N) is 6. The van der Waals surface area contributed by atoms with Crippen molar-refractivity contribution >= 4 is 23.1 Å². The smallest absolute Gasteiger partial charge is 0.262 e. The van der Waals surface area contributed by atoms with Gasteiger partial charge in [0.05, 0.1) is 17.1 Å². The monoisotopic (exact) mass is 359 g/mol. The summed E-state index contributed by atoms with van der Waals surface area (Å²) in [6, 6.07) is 11.0. The Morgan fingerprint density at radius 3 is 2.70 bits per heavy atom. The summed E-state index contributed by atoms with van der Waals surface area (Å²) in [7, 11) is 3.51. The summed E-state index contributed by atoms with van der Waals surface area (Å²) in [5, 5.41) is 9.30. The predicted octanol–water partition coefficient (Wildman–Crippen LogP) is 2.17. The lowest BCUT2D eigenvalue weighted by atomic mass is 10.1. The van der Waals surface area contributed by atoms with Crippen molar-refractivity contribution in [3.8, 4) is 11.3 Å². The van der Waals surface area contributed by atoms with Crippen LogP contribution in [0.3, 0.4) is 0 Å². The van der Waals surface area contributed by atoms with E-state index in [0.29, 0.717) is 16.9 Å². The molecule has 0 fully saturated rings. The maximum Gasteiger partial charge on any atom is 0.262 e. The van der Waals surface area contributed by atoms with E-state index in [0.717, 1.165) is 16.8 Å². The van der Waals surface area contributed by atoms with E-state index in [1.165, 1.54) is 4.57 Å². The van der Waals surface area contributed by atoms with Crippen LogP contribution in [-0.2, 0) is 14.1 Å². The first kappa shape index (κ1) is 16.6. The molecule has 8 nitrogen and oxygen atoms in total. The third-order valence-corrected chi connectivity index (χ3v) is 4.16. The molecule has 0 saturated heterocycles. The molecule has 0 radical (unpaired) electrons. The first-order chi connectivity index (χ1) is 13.1. The maximum atomic E-state index is 12.4. The van der Waals surface area contributed by atoms with Gasteiger partial charge in [-0.3, -0.25) is 19.0 Å². The fourth-order valence-corrected chi connectivity index (χ4v) is 2.81. The van der Waals surface area contributed by atoms with Gasteiger partial charge in [0.2, 0.25) is 5.95 Å². The minimum Gasteiger partial charge on any atom is -0.280 e. The van der Waals surface area contributed by atoms with Crippen LogP contribution in [0.2, 0.25) is 0 Å². The highest BCUT2D eigenvalue weighted by molar-refractivity contribution is 5.88. The van der Waals surface area contributed by atoms with Crippen LogP contribution in [0.25, 0.3) is 22.2 Å². The van der Waals surface area contributed by atoms with Crippen molar-refractivity contribution in [1.29, 1.82) is 0 Å².